The van der Waals surface area contributed by atoms with Crippen LogP contribution in [0.25, 0.3) is 0 Å². The van der Waals surface area contributed by atoms with E-state index in [2.05, 4.69) is 15.9 Å². The van der Waals surface area contributed by atoms with Gasteiger partial charge in [0.25, 0.3) is 0 Å². The lowest BCUT2D eigenvalue weighted by Gasteiger charge is -1.93. The first-order valence-corrected chi connectivity index (χ1v) is 4.70. The van der Waals surface area contributed by atoms with Gasteiger partial charge in [-0.15, -0.1) is 11.3 Å². The molecule has 0 saturated carbocycles. The average Bonchev–Trinajstić information content (AvgIpc) is 2.07. The van der Waals surface area contributed by atoms with Crippen molar-refractivity contribution in [1.29, 1.82) is 0 Å². The highest BCUT2D eigenvalue weighted by atomic mass is 79.9. The molecule has 0 aliphatic carbocycles. The number of aryl methyl sites for hydroxylation is 1. The minimum Gasteiger partial charge on any atom is -0.397 e. The Kier molecular flexibility index (Phi) is 2.34. The summed E-state index contributed by atoms with van der Waals surface area (Å²) in [6.45, 7) is 3.42. The molecule has 11 heavy (non-hydrogen) atoms. The van der Waals surface area contributed by atoms with Gasteiger partial charge in [0, 0.05) is 4.88 Å². The van der Waals surface area contributed by atoms with Crippen molar-refractivity contribution >= 4 is 38.7 Å². The van der Waals surface area contributed by atoms with E-state index >= 15 is 0 Å². The lowest BCUT2D eigenvalue weighted by Crippen LogP contribution is -1.97. The lowest BCUT2D eigenvalue weighted by molar-refractivity contribution is 0.101. The van der Waals surface area contributed by atoms with Crippen LogP contribution in [-0.4, -0.2) is 5.78 Å². The SMILES string of the molecule is CC(=O)c1c(C)sc(Br)c1N. The molecule has 2 N–H and O–H groups in total. The van der Waals surface area contributed by atoms with Crippen LogP contribution in [0.2, 0.25) is 0 Å². The number of hydrogen-bond acceptors (Lipinski definition) is 3. The first-order valence-electron chi connectivity index (χ1n) is 3.09. The van der Waals surface area contributed by atoms with Crippen molar-refractivity contribution in [3.05, 3.63) is 14.2 Å². The molecule has 0 aliphatic heterocycles. The molecule has 0 amide bonds. The summed E-state index contributed by atoms with van der Waals surface area (Å²) < 4.78 is 0.847. The Morgan fingerprint density at radius 2 is 2.18 bits per heavy atom. The molecular formula is C7H8BrNOS. The molecule has 0 bridgehead atoms. The molecule has 0 radical (unpaired) electrons. The first kappa shape index (κ1) is 8.74. The lowest BCUT2D eigenvalue weighted by atomic mass is 10.2. The summed E-state index contributed by atoms with van der Waals surface area (Å²) in [6, 6.07) is 0. The molecule has 0 spiro atoms. The third-order valence-electron chi connectivity index (χ3n) is 1.43. The van der Waals surface area contributed by atoms with E-state index in [1.54, 1.807) is 0 Å². The van der Waals surface area contributed by atoms with Gasteiger partial charge in [0.1, 0.15) is 0 Å². The van der Waals surface area contributed by atoms with E-state index in [1.807, 2.05) is 6.92 Å². The van der Waals surface area contributed by atoms with Crippen molar-refractivity contribution in [3.8, 4) is 0 Å². The maximum Gasteiger partial charge on any atom is 0.163 e. The van der Waals surface area contributed by atoms with E-state index in [0.717, 1.165) is 8.66 Å². The van der Waals surface area contributed by atoms with Crippen molar-refractivity contribution < 1.29 is 4.79 Å². The van der Waals surface area contributed by atoms with Gasteiger partial charge in [0.2, 0.25) is 0 Å². The number of rotatable bonds is 1. The zero-order valence-electron chi connectivity index (χ0n) is 6.27. The monoisotopic (exact) mass is 233 g/mol. The molecule has 1 heterocycles. The Morgan fingerprint density at radius 1 is 1.64 bits per heavy atom. The molecule has 0 saturated heterocycles. The van der Waals surface area contributed by atoms with Crippen molar-refractivity contribution in [3.63, 3.8) is 0 Å². The summed E-state index contributed by atoms with van der Waals surface area (Å²) in [4.78, 5) is 12.0. The van der Waals surface area contributed by atoms with Crippen LogP contribution < -0.4 is 5.73 Å². The van der Waals surface area contributed by atoms with Crippen LogP contribution in [0.4, 0.5) is 5.69 Å². The summed E-state index contributed by atoms with van der Waals surface area (Å²) >= 11 is 4.77. The van der Waals surface area contributed by atoms with Crippen LogP contribution in [0.1, 0.15) is 22.2 Å². The largest absolute Gasteiger partial charge is 0.397 e. The van der Waals surface area contributed by atoms with Gasteiger partial charge in [0.05, 0.1) is 15.0 Å². The topological polar surface area (TPSA) is 43.1 Å². The average molecular weight is 234 g/mol. The van der Waals surface area contributed by atoms with E-state index in [-0.39, 0.29) is 5.78 Å². The minimum atomic E-state index is 0.0296. The van der Waals surface area contributed by atoms with Gasteiger partial charge in [-0.1, -0.05) is 0 Å². The van der Waals surface area contributed by atoms with Crippen LogP contribution >= 0.6 is 27.3 Å². The van der Waals surface area contributed by atoms with Crippen LogP contribution in [0.15, 0.2) is 3.79 Å². The number of ketones is 1. The highest BCUT2D eigenvalue weighted by Crippen LogP contribution is 2.34. The van der Waals surface area contributed by atoms with Crippen LogP contribution in [0.5, 0.6) is 0 Å². The zero-order valence-corrected chi connectivity index (χ0v) is 8.67. The number of carbonyl (C=O) groups excluding carboxylic acids is 1. The number of anilines is 1. The Hall–Kier alpha value is -0.350. The number of hydrogen-bond donors (Lipinski definition) is 1. The Labute approximate surface area is 77.5 Å². The van der Waals surface area contributed by atoms with Crippen molar-refractivity contribution in [1.82, 2.24) is 0 Å². The van der Waals surface area contributed by atoms with Crippen molar-refractivity contribution in [2.45, 2.75) is 13.8 Å². The second-order valence-corrected chi connectivity index (χ2v) is 4.82. The van der Waals surface area contributed by atoms with Crippen LogP contribution in [0, 0.1) is 6.92 Å². The Morgan fingerprint density at radius 3 is 2.36 bits per heavy atom. The number of carbonyl (C=O) groups is 1. The number of Topliss-reactive ketones (excluding diaryl/α,β-unsaturated/α-hetero) is 1. The molecule has 0 unspecified atom stereocenters. The first-order chi connectivity index (χ1) is 5.04. The molecule has 2 nitrogen and oxygen atoms in total. The zero-order chi connectivity index (χ0) is 8.59. The maximum atomic E-state index is 11.0. The normalized spacial score (nSPS) is 10.1. The molecule has 4 heteroatoms. The molecular weight excluding hydrogens is 226 g/mol. The molecule has 1 rings (SSSR count). The van der Waals surface area contributed by atoms with Crippen LogP contribution in [0.3, 0.4) is 0 Å². The molecule has 1 aromatic rings. The van der Waals surface area contributed by atoms with E-state index in [0.29, 0.717) is 11.3 Å². The fraction of sp³-hybridized carbons (Fsp3) is 0.286. The fourth-order valence-corrected chi connectivity index (χ4v) is 2.73. The van der Waals surface area contributed by atoms with Gasteiger partial charge in [-0.2, -0.15) is 0 Å². The van der Waals surface area contributed by atoms with Gasteiger partial charge in [0.15, 0.2) is 5.78 Å². The second-order valence-electron chi connectivity index (χ2n) is 2.28. The highest BCUT2D eigenvalue weighted by Gasteiger charge is 2.14. The predicted molar refractivity (Wildman–Crippen MR) is 51.2 cm³/mol. The number of nitrogens with two attached hydrogens (primary N) is 1. The standard InChI is InChI=1S/C7H8BrNOS/c1-3(10)5-4(2)11-7(8)6(5)9/h9H2,1-2H3. The minimum absolute atomic E-state index is 0.0296. The van der Waals surface area contributed by atoms with E-state index in [4.69, 9.17) is 5.73 Å². The smallest absolute Gasteiger partial charge is 0.163 e. The van der Waals surface area contributed by atoms with Gasteiger partial charge < -0.3 is 5.73 Å². The molecule has 0 aliphatic rings. The maximum absolute atomic E-state index is 11.0. The summed E-state index contributed by atoms with van der Waals surface area (Å²) in [7, 11) is 0. The number of halogens is 1. The van der Waals surface area contributed by atoms with E-state index < -0.39 is 0 Å². The number of nitrogen functional groups attached to an aromatic ring is 1. The summed E-state index contributed by atoms with van der Waals surface area (Å²) in [5, 5.41) is 0. The fourth-order valence-electron chi connectivity index (χ4n) is 0.966. The number of thiophene rings is 1. The van der Waals surface area contributed by atoms with E-state index in [9.17, 15) is 4.79 Å². The summed E-state index contributed by atoms with van der Waals surface area (Å²) in [5.41, 5.74) is 6.87. The molecule has 60 valence electrons. The van der Waals surface area contributed by atoms with Gasteiger partial charge in [-0.25, -0.2) is 0 Å². The van der Waals surface area contributed by atoms with Gasteiger partial charge in [-0.3, -0.25) is 4.79 Å². The van der Waals surface area contributed by atoms with Crippen molar-refractivity contribution in [2.24, 2.45) is 0 Å². The third kappa shape index (κ3) is 1.46. The molecule has 0 atom stereocenters. The molecule has 1 aromatic heterocycles. The highest BCUT2D eigenvalue weighted by molar-refractivity contribution is 9.11. The van der Waals surface area contributed by atoms with Crippen LogP contribution in [-0.2, 0) is 0 Å². The van der Waals surface area contributed by atoms with Gasteiger partial charge >= 0.3 is 0 Å². The Balaban J connectivity index is 3.34. The Bertz CT molecular complexity index is 306. The van der Waals surface area contributed by atoms with Gasteiger partial charge in [-0.05, 0) is 29.8 Å². The molecule has 0 aromatic carbocycles. The van der Waals surface area contributed by atoms with E-state index in [1.165, 1.54) is 18.3 Å². The predicted octanol–water partition coefficient (Wildman–Crippen LogP) is 2.60. The second kappa shape index (κ2) is 2.95. The summed E-state index contributed by atoms with van der Waals surface area (Å²) in [5.74, 6) is 0.0296. The summed E-state index contributed by atoms with van der Waals surface area (Å²) in [6.07, 6.45) is 0. The third-order valence-corrected chi connectivity index (χ3v) is 3.25. The quantitative estimate of drug-likeness (QED) is 0.759. The van der Waals surface area contributed by atoms with Crippen molar-refractivity contribution in [2.75, 3.05) is 5.73 Å². The molecule has 0 fully saturated rings.